The highest BCUT2D eigenvalue weighted by Gasteiger charge is 2.38. The normalized spacial score (nSPS) is 15.5. The molecule has 0 unspecified atom stereocenters. The average Bonchev–Trinajstić information content (AvgIpc) is 3.11. The van der Waals surface area contributed by atoms with Gasteiger partial charge in [-0.05, 0) is 94.8 Å². The molecule has 1 aliphatic heterocycles. The Hall–Kier alpha value is -5.06. The Bertz CT molecular complexity index is 1570. The van der Waals surface area contributed by atoms with E-state index in [9.17, 15) is 19.2 Å². The number of nitrogens with one attached hydrogen (secondary N) is 2. The number of benzene rings is 3. The fourth-order valence-electron chi connectivity index (χ4n) is 5.85. The molecule has 0 bridgehead atoms. The van der Waals surface area contributed by atoms with E-state index < -0.39 is 47.6 Å². The van der Waals surface area contributed by atoms with Gasteiger partial charge in [0.25, 0.3) is 0 Å². The fraction of sp³-hybridized carbons (Fsp3) is 0.450. The maximum absolute atomic E-state index is 14.4. The van der Waals surface area contributed by atoms with E-state index in [1.165, 1.54) is 4.90 Å². The van der Waals surface area contributed by atoms with Crippen LogP contribution in [0.25, 0.3) is 0 Å². The molecule has 1 saturated heterocycles. The van der Waals surface area contributed by atoms with Crippen LogP contribution in [0.1, 0.15) is 70.6 Å². The van der Waals surface area contributed by atoms with E-state index in [1.807, 2.05) is 80.6 Å². The number of carbonyl (C=O) groups is 4. The van der Waals surface area contributed by atoms with Crippen LogP contribution in [-0.4, -0.2) is 72.3 Å². The standard InChI is InChI=1S/C40H51N3O8/c1-6-48-31-20-16-28(17-21-31)25-33(42-39(47)51-40(3,4)5)36(44)41-34(26-29-18-22-32(23-19-29)49-7-2)37(45)43-24-12-11-15-35(43)38(46)50-27-30-13-9-8-10-14-30/h8-10,13-14,16-23,33-35H,6-7,11-12,15,24-27H2,1-5H3,(H,41,44)(H,42,47)/t33-,34-,35+/m0/s1. The first kappa shape index (κ1) is 38.7. The van der Waals surface area contributed by atoms with Gasteiger partial charge in [-0.3, -0.25) is 9.59 Å². The summed E-state index contributed by atoms with van der Waals surface area (Å²) in [5.74, 6) is -0.0999. The molecular formula is C40H51N3O8. The molecule has 0 aromatic heterocycles. The van der Waals surface area contributed by atoms with Crippen molar-refractivity contribution >= 4 is 23.9 Å². The van der Waals surface area contributed by atoms with Crippen molar-refractivity contribution in [3.05, 3.63) is 95.6 Å². The van der Waals surface area contributed by atoms with Gasteiger partial charge in [-0.2, -0.15) is 0 Å². The molecule has 51 heavy (non-hydrogen) atoms. The van der Waals surface area contributed by atoms with Gasteiger partial charge in [-0.15, -0.1) is 0 Å². The zero-order valence-corrected chi connectivity index (χ0v) is 30.3. The van der Waals surface area contributed by atoms with Crippen LogP contribution in [0.5, 0.6) is 11.5 Å². The fourth-order valence-corrected chi connectivity index (χ4v) is 5.85. The molecule has 3 atom stereocenters. The Labute approximate surface area is 301 Å². The summed E-state index contributed by atoms with van der Waals surface area (Å²) in [7, 11) is 0. The van der Waals surface area contributed by atoms with Crippen molar-refractivity contribution in [2.75, 3.05) is 19.8 Å². The number of hydrogen-bond donors (Lipinski definition) is 2. The van der Waals surface area contributed by atoms with Gasteiger partial charge in [0, 0.05) is 19.4 Å². The molecule has 1 fully saturated rings. The number of piperidine rings is 1. The molecule has 0 aliphatic carbocycles. The van der Waals surface area contributed by atoms with Crippen molar-refractivity contribution in [3.63, 3.8) is 0 Å². The smallest absolute Gasteiger partial charge is 0.408 e. The molecule has 0 spiro atoms. The van der Waals surface area contributed by atoms with Crippen LogP contribution < -0.4 is 20.1 Å². The third-order valence-corrected chi connectivity index (χ3v) is 8.25. The highest BCUT2D eigenvalue weighted by Crippen LogP contribution is 2.22. The molecule has 3 aromatic carbocycles. The predicted molar refractivity (Wildman–Crippen MR) is 193 cm³/mol. The SMILES string of the molecule is CCOc1ccc(C[C@H](NC(=O)OC(C)(C)C)C(=O)N[C@@H](Cc2ccc(OCC)cc2)C(=O)N2CCCC[C@@H]2C(=O)OCc2ccccc2)cc1. The highest BCUT2D eigenvalue weighted by molar-refractivity contribution is 5.93. The number of esters is 1. The van der Waals surface area contributed by atoms with Crippen LogP contribution in [0.4, 0.5) is 4.79 Å². The molecule has 1 aliphatic rings. The summed E-state index contributed by atoms with van der Waals surface area (Å²) in [6, 6.07) is 21.0. The minimum Gasteiger partial charge on any atom is -0.494 e. The van der Waals surface area contributed by atoms with Gasteiger partial charge in [-0.1, -0.05) is 54.6 Å². The quantitative estimate of drug-likeness (QED) is 0.191. The summed E-state index contributed by atoms with van der Waals surface area (Å²) in [5.41, 5.74) is 1.59. The third kappa shape index (κ3) is 12.3. The first-order chi connectivity index (χ1) is 24.5. The summed E-state index contributed by atoms with van der Waals surface area (Å²) in [6.07, 6.45) is 1.41. The van der Waals surface area contributed by atoms with Crippen molar-refractivity contribution in [1.82, 2.24) is 15.5 Å². The molecule has 11 nitrogen and oxygen atoms in total. The maximum Gasteiger partial charge on any atom is 0.408 e. The number of ether oxygens (including phenoxy) is 4. The summed E-state index contributed by atoms with van der Waals surface area (Å²) in [6.45, 7) is 10.4. The van der Waals surface area contributed by atoms with Crippen LogP contribution in [0.2, 0.25) is 0 Å². The van der Waals surface area contributed by atoms with E-state index in [0.717, 1.165) is 23.1 Å². The summed E-state index contributed by atoms with van der Waals surface area (Å²) < 4.78 is 22.3. The van der Waals surface area contributed by atoms with E-state index in [4.69, 9.17) is 18.9 Å². The lowest BCUT2D eigenvalue weighted by Gasteiger charge is -2.37. The Morgan fingerprint density at radius 3 is 1.86 bits per heavy atom. The Balaban J connectivity index is 1.59. The van der Waals surface area contributed by atoms with Crippen LogP contribution in [0, 0.1) is 0 Å². The first-order valence-corrected chi connectivity index (χ1v) is 17.7. The zero-order valence-electron chi connectivity index (χ0n) is 30.3. The first-order valence-electron chi connectivity index (χ1n) is 17.7. The molecule has 4 rings (SSSR count). The summed E-state index contributed by atoms with van der Waals surface area (Å²) in [5, 5.41) is 5.64. The molecule has 1 heterocycles. The molecule has 3 amide bonds. The van der Waals surface area contributed by atoms with Crippen molar-refractivity contribution < 1.29 is 38.1 Å². The largest absolute Gasteiger partial charge is 0.494 e. The summed E-state index contributed by atoms with van der Waals surface area (Å²) >= 11 is 0. The number of nitrogens with zero attached hydrogens (tertiary/aromatic N) is 1. The molecule has 0 saturated carbocycles. The molecule has 274 valence electrons. The Morgan fingerprint density at radius 2 is 1.31 bits per heavy atom. The van der Waals surface area contributed by atoms with E-state index in [2.05, 4.69) is 10.6 Å². The van der Waals surface area contributed by atoms with Gasteiger partial charge in [-0.25, -0.2) is 9.59 Å². The minimum atomic E-state index is -1.08. The number of carbonyl (C=O) groups excluding carboxylic acids is 4. The van der Waals surface area contributed by atoms with Crippen molar-refractivity contribution in [2.24, 2.45) is 0 Å². The van der Waals surface area contributed by atoms with Gasteiger partial charge in [0.2, 0.25) is 11.8 Å². The van der Waals surface area contributed by atoms with Gasteiger partial charge >= 0.3 is 12.1 Å². The Morgan fingerprint density at radius 1 is 0.745 bits per heavy atom. The monoisotopic (exact) mass is 701 g/mol. The maximum atomic E-state index is 14.4. The van der Waals surface area contributed by atoms with Crippen molar-refractivity contribution in [3.8, 4) is 11.5 Å². The molecular weight excluding hydrogens is 650 g/mol. The van der Waals surface area contributed by atoms with E-state index in [1.54, 1.807) is 32.9 Å². The highest BCUT2D eigenvalue weighted by atomic mass is 16.6. The van der Waals surface area contributed by atoms with Gasteiger partial charge in [0.05, 0.1) is 13.2 Å². The zero-order chi connectivity index (χ0) is 36.8. The van der Waals surface area contributed by atoms with Gasteiger partial charge in [0.15, 0.2) is 0 Å². The lowest BCUT2D eigenvalue weighted by atomic mass is 9.98. The van der Waals surface area contributed by atoms with Crippen molar-refractivity contribution in [2.45, 2.75) is 97.1 Å². The van der Waals surface area contributed by atoms with Crippen LogP contribution >= 0.6 is 0 Å². The second-order valence-corrected chi connectivity index (χ2v) is 13.5. The Kier molecular flexibility index (Phi) is 14.3. The molecule has 3 aromatic rings. The predicted octanol–water partition coefficient (Wildman–Crippen LogP) is 5.77. The minimum absolute atomic E-state index is 0.0914. The number of rotatable bonds is 15. The summed E-state index contributed by atoms with van der Waals surface area (Å²) in [4.78, 5) is 56.5. The second-order valence-electron chi connectivity index (χ2n) is 13.5. The van der Waals surface area contributed by atoms with E-state index in [-0.39, 0.29) is 19.4 Å². The van der Waals surface area contributed by atoms with Crippen molar-refractivity contribution in [1.29, 1.82) is 0 Å². The van der Waals surface area contributed by atoms with E-state index in [0.29, 0.717) is 44.1 Å². The number of likely N-dealkylation sites (tertiary alicyclic amines) is 1. The van der Waals surface area contributed by atoms with Crippen LogP contribution in [0.3, 0.4) is 0 Å². The van der Waals surface area contributed by atoms with Gasteiger partial charge < -0.3 is 34.5 Å². The second kappa shape index (κ2) is 18.8. The average molecular weight is 702 g/mol. The lowest BCUT2D eigenvalue weighted by molar-refractivity contribution is -0.159. The molecule has 2 N–H and O–H groups in total. The van der Waals surface area contributed by atoms with E-state index >= 15 is 0 Å². The molecule has 11 heteroatoms. The van der Waals surface area contributed by atoms with Crippen LogP contribution in [0.15, 0.2) is 78.9 Å². The number of alkyl carbamates (subject to hydrolysis) is 1. The molecule has 0 radical (unpaired) electrons. The number of hydrogen-bond acceptors (Lipinski definition) is 8. The lowest BCUT2D eigenvalue weighted by Crippen LogP contribution is -2.59. The van der Waals surface area contributed by atoms with Gasteiger partial charge in [0.1, 0.15) is 41.8 Å². The topological polar surface area (TPSA) is 132 Å². The third-order valence-electron chi connectivity index (χ3n) is 8.25. The number of amides is 3. The van der Waals surface area contributed by atoms with Crippen LogP contribution in [-0.2, 0) is 43.3 Å².